The van der Waals surface area contributed by atoms with Crippen molar-refractivity contribution in [3.63, 3.8) is 0 Å². The summed E-state index contributed by atoms with van der Waals surface area (Å²) in [6, 6.07) is 0. The number of aliphatic hydroxyl groups excluding tert-OH is 1. The van der Waals surface area contributed by atoms with E-state index in [1.165, 1.54) is 6.42 Å². The van der Waals surface area contributed by atoms with Gasteiger partial charge in [-0.1, -0.05) is 13.3 Å². The molecule has 1 aliphatic rings. The summed E-state index contributed by atoms with van der Waals surface area (Å²) in [6.45, 7) is 3.15. The Kier molecular flexibility index (Phi) is 4.21. The minimum Gasteiger partial charge on any atom is -0.504 e. The summed E-state index contributed by atoms with van der Waals surface area (Å²) < 4.78 is 0. The second kappa shape index (κ2) is 5.44. The molecule has 0 bridgehead atoms. The van der Waals surface area contributed by atoms with E-state index in [-0.39, 0.29) is 11.6 Å². The zero-order valence-corrected chi connectivity index (χ0v) is 9.40. The van der Waals surface area contributed by atoms with Crippen LogP contribution in [0.25, 0.3) is 0 Å². The number of aliphatic imine (C=N–C) groups is 1. The molecule has 1 rings (SSSR count). The molecule has 1 heterocycles. The van der Waals surface area contributed by atoms with Crippen LogP contribution in [-0.2, 0) is 0 Å². The van der Waals surface area contributed by atoms with Gasteiger partial charge in [0.25, 0.3) is 0 Å². The van der Waals surface area contributed by atoms with Gasteiger partial charge >= 0.3 is 0 Å². The number of hydrogen-bond acceptors (Lipinski definition) is 4. The van der Waals surface area contributed by atoms with E-state index in [1.807, 2.05) is 13.2 Å². The molecule has 0 saturated carbocycles. The van der Waals surface area contributed by atoms with E-state index in [0.29, 0.717) is 6.42 Å². The van der Waals surface area contributed by atoms with Crippen LogP contribution in [0.5, 0.6) is 0 Å². The van der Waals surface area contributed by atoms with Gasteiger partial charge in [-0.05, 0) is 6.42 Å². The molecular weight excluding hydrogens is 190 g/mol. The summed E-state index contributed by atoms with van der Waals surface area (Å²) in [5, 5.41) is 9.66. The molecular formula is C11H19N3O. The van der Waals surface area contributed by atoms with E-state index < -0.39 is 0 Å². The lowest BCUT2D eigenvalue weighted by Gasteiger charge is -2.17. The monoisotopic (exact) mass is 209 g/mol. The number of hydrogen-bond donors (Lipinski definition) is 2. The van der Waals surface area contributed by atoms with Crippen molar-refractivity contribution in [2.75, 3.05) is 13.6 Å². The van der Waals surface area contributed by atoms with Gasteiger partial charge in [-0.2, -0.15) is 0 Å². The van der Waals surface area contributed by atoms with Crippen molar-refractivity contribution in [1.29, 1.82) is 0 Å². The van der Waals surface area contributed by atoms with Crippen LogP contribution < -0.4 is 5.73 Å². The zero-order chi connectivity index (χ0) is 11.3. The molecule has 0 amide bonds. The lowest BCUT2D eigenvalue weighted by Crippen LogP contribution is -2.15. The average molecular weight is 209 g/mol. The van der Waals surface area contributed by atoms with Crippen molar-refractivity contribution in [1.82, 2.24) is 4.90 Å². The average Bonchev–Trinajstić information content (AvgIpc) is 2.22. The summed E-state index contributed by atoms with van der Waals surface area (Å²) in [5.74, 6) is 0.317. The third kappa shape index (κ3) is 3.31. The molecule has 4 heteroatoms. The van der Waals surface area contributed by atoms with Crippen LogP contribution in [0.1, 0.15) is 26.2 Å². The number of nitrogens with zero attached hydrogens (tertiary/aromatic N) is 2. The van der Waals surface area contributed by atoms with Crippen molar-refractivity contribution in [3.05, 3.63) is 23.4 Å². The minimum absolute atomic E-state index is 0.112. The number of aliphatic hydroxyl groups is 1. The highest BCUT2D eigenvalue weighted by atomic mass is 16.3. The predicted octanol–water partition coefficient (Wildman–Crippen LogP) is 1.76. The van der Waals surface area contributed by atoms with Crippen molar-refractivity contribution in [2.45, 2.75) is 26.2 Å². The van der Waals surface area contributed by atoms with E-state index in [2.05, 4.69) is 16.8 Å². The SMILES string of the molecule is CCCCN(C)C=C1CC=NC(N)=C1O. The summed E-state index contributed by atoms with van der Waals surface area (Å²) in [6.07, 6.45) is 6.60. The molecule has 0 saturated heterocycles. The lowest BCUT2D eigenvalue weighted by molar-refractivity contribution is 0.397. The Balaban J connectivity index is 2.64. The Labute approximate surface area is 90.8 Å². The van der Waals surface area contributed by atoms with E-state index >= 15 is 0 Å². The fourth-order valence-corrected chi connectivity index (χ4v) is 1.42. The fraction of sp³-hybridized carbons (Fsp3) is 0.545. The highest BCUT2D eigenvalue weighted by molar-refractivity contribution is 5.67. The molecule has 15 heavy (non-hydrogen) atoms. The van der Waals surface area contributed by atoms with E-state index in [4.69, 9.17) is 5.73 Å². The molecule has 0 spiro atoms. The molecule has 0 radical (unpaired) electrons. The first kappa shape index (κ1) is 11.6. The number of unbranched alkanes of at least 4 members (excludes halogenated alkanes) is 1. The quantitative estimate of drug-likeness (QED) is 0.741. The number of nitrogens with two attached hydrogens (primary N) is 1. The topological polar surface area (TPSA) is 61.8 Å². The Morgan fingerprint density at radius 1 is 1.67 bits per heavy atom. The fourth-order valence-electron chi connectivity index (χ4n) is 1.42. The van der Waals surface area contributed by atoms with Gasteiger partial charge in [0, 0.05) is 38.0 Å². The van der Waals surface area contributed by atoms with Crippen LogP contribution in [0, 0.1) is 0 Å². The number of allylic oxidation sites excluding steroid dienone is 1. The van der Waals surface area contributed by atoms with Gasteiger partial charge in [-0.3, -0.25) is 0 Å². The standard InChI is InChI=1S/C11H19N3O/c1-3-4-7-14(2)8-9-5-6-13-11(12)10(9)15/h6,8,15H,3-5,7,12H2,1-2H3. The first-order valence-corrected chi connectivity index (χ1v) is 5.27. The summed E-state index contributed by atoms with van der Waals surface area (Å²) in [7, 11) is 2.00. The molecule has 0 atom stereocenters. The van der Waals surface area contributed by atoms with Crippen LogP contribution in [0.15, 0.2) is 28.3 Å². The third-order valence-electron chi connectivity index (χ3n) is 2.33. The largest absolute Gasteiger partial charge is 0.504 e. The highest BCUT2D eigenvalue weighted by Crippen LogP contribution is 2.17. The first-order chi connectivity index (χ1) is 7.15. The lowest BCUT2D eigenvalue weighted by atomic mass is 10.1. The van der Waals surface area contributed by atoms with Crippen LogP contribution >= 0.6 is 0 Å². The molecule has 84 valence electrons. The van der Waals surface area contributed by atoms with Crippen molar-refractivity contribution >= 4 is 6.21 Å². The molecule has 0 aromatic carbocycles. The molecule has 0 fully saturated rings. The van der Waals surface area contributed by atoms with Gasteiger partial charge < -0.3 is 15.7 Å². The maximum atomic E-state index is 9.66. The van der Waals surface area contributed by atoms with Crippen LogP contribution in [0.4, 0.5) is 0 Å². The Bertz CT molecular complexity index is 305. The minimum atomic E-state index is 0.112. The van der Waals surface area contributed by atoms with E-state index in [1.54, 1.807) is 6.21 Å². The molecule has 0 unspecified atom stereocenters. The van der Waals surface area contributed by atoms with Gasteiger partial charge in [-0.15, -0.1) is 0 Å². The van der Waals surface area contributed by atoms with Crippen LogP contribution in [-0.4, -0.2) is 29.8 Å². The molecule has 3 N–H and O–H groups in total. The predicted molar refractivity (Wildman–Crippen MR) is 62.6 cm³/mol. The third-order valence-corrected chi connectivity index (χ3v) is 2.33. The summed E-state index contributed by atoms with van der Waals surface area (Å²) in [4.78, 5) is 5.92. The Morgan fingerprint density at radius 3 is 3.07 bits per heavy atom. The van der Waals surface area contributed by atoms with Gasteiger partial charge in [0.15, 0.2) is 11.6 Å². The first-order valence-electron chi connectivity index (χ1n) is 5.27. The maximum absolute atomic E-state index is 9.66. The maximum Gasteiger partial charge on any atom is 0.165 e. The molecule has 4 nitrogen and oxygen atoms in total. The van der Waals surface area contributed by atoms with Crippen LogP contribution in [0.3, 0.4) is 0 Å². The Hall–Kier alpha value is -1.45. The van der Waals surface area contributed by atoms with Gasteiger partial charge in [0.05, 0.1) is 0 Å². The smallest absolute Gasteiger partial charge is 0.165 e. The van der Waals surface area contributed by atoms with Gasteiger partial charge in [-0.25, -0.2) is 4.99 Å². The van der Waals surface area contributed by atoms with Crippen LogP contribution in [0.2, 0.25) is 0 Å². The second-order valence-corrected chi connectivity index (χ2v) is 3.74. The van der Waals surface area contributed by atoms with Gasteiger partial charge in [0.1, 0.15) is 0 Å². The molecule has 0 aromatic heterocycles. The molecule has 0 aromatic rings. The number of rotatable bonds is 4. The van der Waals surface area contributed by atoms with Crippen molar-refractivity contribution < 1.29 is 5.11 Å². The van der Waals surface area contributed by atoms with Gasteiger partial charge in [0.2, 0.25) is 0 Å². The summed E-state index contributed by atoms with van der Waals surface area (Å²) >= 11 is 0. The normalized spacial score (nSPS) is 18.7. The highest BCUT2D eigenvalue weighted by Gasteiger charge is 2.11. The van der Waals surface area contributed by atoms with Crippen molar-refractivity contribution in [2.24, 2.45) is 10.7 Å². The Morgan fingerprint density at radius 2 is 2.40 bits per heavy atom. The zero-order valence-electron chi connectivity index (χ0n) is 9.40. The second-order valence-electron chi connectivity index (χ2n) is 3.74. The van der Waals surface area contributed by atoms with E-state index in [0.717, 1.165) is 18.5 Å². The molecule has 1 aliphatic heterocycles. The summed E-state index contributed by atoms with van der Waals surface area (Å²) in [5.41, 5.74) is 6.35. The van der Waals surface area contributed by atoms with Crippen molar-refractivity contribution in [3.8, 4) is 0 Å². The molecule has 0 aliphatic carbocycles. The van der Waals surface area contributed by atoms with E-state index in [9.17, 15) is 5.11 Å².